The van der Waals surface area contributed by atoms with Gasteiger partial charge in [-0.3, -0.25) is 0 Å². The van der Waals surface area contributed by atoms with E-state index < -0.39 is 0 Å². The predicted molar refractivity (Wildman–Crippen MR) is 70.6 cm³/mol. The van der Waals surface area contributed by atoms with E-state index in [1.807, 2.05) is 20.8 Å². The fourth-order valence-electron chi connectivity index (χ4n) is 1.94. The zero-order valence-corrected chi connectivity index (χ0v) is 11.3. The van der Waals surface area contributed by atoms with Crippen LogP contribution in [0, 0.1) is 19.7 Å². The Morgan fingerprint density at radius 3 is 2.56 bits per heavy atom. The fraction of sp³-hybridized carbons (Fsp3) is 0.308. The molecule has 2 aromatic rings. The Balaban J connectivity index is 2.67. The smallest absolute Gasteiger partial charge is 0.123 e. The molecule has 96 valence electrons. The second-order valence-electron chi connectivity index (χ2n) is 4.39. The Hall–Kier alpha value is -1.39. The van der Waals surface area contributed by atoms with Gasteiger partial charge in [0, 0.05) is 6.04 Å². The Bertz CT molecular complexity index is 590. The van der Waals surface area contributed by atoms with Gasteiger partial charge < -0.3 is 5.73 Å². The van der Waals surface area contributed by atoms with Crippen molar-refractivity contribution in [2.75, 3.05) is 0 Å². The van der Waals surface area contributed by atoms with Crippen molar-refractivity contribution in [1.29, 1.82) is 0 Å². The van der Waals surface area contributed by atoms with E-state index in [4.69, 9.17) is 17.3 Å². The van der Waals surface area contributed by atoms with Crippen LogP contribution in [-0.4, -0.2) is 9.78 Å². The van der Waals surface area contributed by atoms with E-state index in [0.29, 0.717) is 10.6 Å². The molecule has 2 N–H and O–H groups in total. The maximum Gasteiger partial charge on any atom is 0.123 e. The number of aryl methyl sites for hydroxylation is 1. The second kappa shape index (κ2) is 4.71. The van der Waals surface area contributed by atoms with Crippen LogP contribution >= 0.6 is 11.6 Å². The van der Waals surface area contributed by atoms with Crippen molar-refractivity contribution in [2.45, 2.75) is 26.8 Å². The van der Waals surface area contributed by atoms with Crippen molar-refractivity contribution in [3.8, 4) is 5.69 Å². The van der Waals surface area contributed by atoms with Crippen LogP contribution in [0.2, 0.25) is 5.02 Å². The first kappa shape index (κ1) is 13.1. The third kappa shape index (κ3) is 2.13. The molecule has 0 aliphatic heterocycles. The monoisotopic (exact) mass is 267 g/mol. The second-order valence-corrected chi connectivity index (χ2v) is 4.77. The van der Waals surface area contributed by atoms with E-state index in [2.05, 4.69) is 5.10 Å². The van der Waals surface area contributed by atoms with Crippen LogP contribution in [0.4, 0.5) is 4.39 Å². The van der Waals surface area contributed by atoms with Gasteiger partial charge in [0.05, 0.1) is 22.1 Å². The Morgan fingerprint density at radius 1 is 1.39 bits per heavy atom. The number of halogens is 2. The van der Waals surface area contributed by atoms with E-state index in [0.717, 1.165) is 17.1 Å². The molecular weight excluding hydrogens is 253 g/mol. The summed E-state index contributed by atoms with van der Waals surface area (Å²) in [4.78, 5) is 0. The lowest BCUT2D eigenvalue weighted by Gasteiger charge is -2.14. The molecule has 0 amide bonds. The molecule has 3 nitrogen and oxygen atoms in total. The summed E-state index contributed by atoms with van der Waals surface area (Å²) in [7, 11) is 0. The minimum absolute atomic E-state index is 0.279. The van der Waals surface area contributed by atoms with Gasteiger partial charge in [-0.1, -0.05) is 11.6 Å². The Morgan fingerprint density at radius 2 is 2.06 bits per heavy atom. The summed E-state index contributed by atoms with van der Waals surface area (Å²) in [5.74, 6) is -0.307. The summed E-state index contributed by atoms with van der Waals surface area (Å²) in [5.41, 5.74) is 8.91. The SMILES string of the molecule is Cc1nn(-c2ccc(F)cc2[C@@H](C)N)c(C)c1Cl. The lowest BCUT2D eigenvalue weighted by atomic mass is 10.1. The minimum Gasteiger partial charge on any atom is -0.324 e. The fourth-order valence-corrected chi connectivity index (χ4v) is 2.06. The normalized spacial score (nSPS) is 12.8. The third-order valence-electron chi connectivity index (χ3n) is 2.91. The largest absolute Gasteiger partial charge is 0.324 e. The molecular formula is C13H15ClFN3. The number of nitrogens with two attached hydrogens (primary N) is 1. The Labute approximate surface area is 110 Å². The van der Waals surface area contributed by atoms with Crippen molar-refractivity contribution in [3.63, 3.8) is 0 Å². The van der Waals surface area contributed by atoms with Crippen LogP contribution in [0.5, 0.6) is 0 Å². The molecule has 1 atom stereocenters. The molecule has 1 aromatic heterocycles. The highest BCUT2D eigenvalue weighted by molar-refractivity contribution is 6.31. The summed E-state index contributed by atoms with van der Waals surface area (Å²) in [5, 5.41) is 4.98. The molecule has 0 unspecified atom stereocenters. The summed E-state index contributed by atoms with van der Waals surface area (Å²) < 4.78 is 15.0. The number of hydrogen-bond acceptors (Lipinski definition) is 2. The zero-order valence-electron chi connectivity index (χ0n) is 10.5. The highest BCUT2D eigenvalue weighted by Gasteiger charge is 2.15. The van der Waals surface area contributed by atoms with Gasteiger partial charge in [-0.15, -0.1) is 0 Å². The Kier molecular flexibility index (Phi) is 3.41. The van der Waals surface area contributed by atoms with Gasteiger partial charge in [-0.05, 0) is 44.5 Å². The highest BCUT2D eigenvalue weighted by Crippen LogP contribution is 2.26. The summed E-state index contributed by atoms with van der Waals surface area (Å²) >= 11 is 6.12. The molecule has 5 heteroatoms. The average molecular weight is 268 g/mol. The molecule has 0 bridgehead atoms. The zero-order chi connectivity index (χ0) is 13.4. The molecule has 0 saturated carbocycles. The average Bonchev–Trinajstić information content (AvgIpc) is 2.57. The third-order valence-corrected chi connectivity index (χ3v) is 3.46. The van der Waals surface area contributed by atoms with Crippen LogP contribution in [0.15, 0.2) is 18.2 Å². The first-order chi connectivity index (χ1) is 8.41. The molecule has 1 aromatic carbocycles. The number of benzene rings is 1. The molecule has 0 spiro atoms. The quantitative estimate of drug-likeness (QED) is 0.907. The van der Waals surface area contributed by atoms with Gasteiger partial charge in [-0.25, -0.2) is 9.07 Å². The van der Waals surface area contributed by atoms with E-state index in [-0.39, 0.29) is 11.9 Å². The topological polar surface area (TPSA) is 43.8 Å². The predicted octanol–water partition coefficient (Wildman–Crippen LogP) is 3.30. The minimum atomic E-state index is -0.307. The van der Waals surface area contributed by atoms with Gasteiger partial charge in [0.1, 0.15) is 5.82 Å². The number of aromatic nitrogens is 2. The van der Waals surface area contributed by atoms with E-state index >= 15 is 0 Å². The molecule has 0 saturated heterocycles. The summed E-state index contributed by atoms with van der Waals surface area (Å²) in [6.45, 7) is 5.52. The van der Waals surface area contributed by atoms with Crippen LogP contribution in [-0.2, 0) is 0 Å². The highest BCUT2D eigenvalue weighted by atomic mass is 35.5. The summed E-state index contributed by atoms with van der Waals surface area (Å²) in [6.07, 6.45) is 0. The van der Waals surface area contributed by atoms with Gasteiger partial charge in [0.25, 0.3) is 0 Å². The van der Waals surface area contributed by atoms with Crippen molar-refractivity contribution in [1.82, 2.24) is 9.78 Å². The van der Waals surface area contributed by atoms with Crippen molar-refractivity contribution < 1.29 is 4.39 Å². The van der Waals surface area contributed by atoms with Crippen LogP contribution < -0.4 is 5.73 Å². The van der Waals surface area contributed by atoms with Crippen LogP contribution in [0.3, 0.4) is 0 Å². The standard InChI is InChI=1S/C13H15ClFN3/c1-7(16)11-6-10(15)4-5-12(11)18-9(3)13(14)8(2)17-18/h4-7H,16H2,1-3H3/t7-/m1/s1. The van der Waals surface area contributed by atoms with Gasteiger partial charge >= 0.3 is 0 Å². The van der Waals surface area contributed by atoms with E-state index in [1.165, 1.54) is 12.1 Å². The van der Waals surface area contributed by atoms with Gasteiger partial charge in [0.2, 0.25) is 0 Å². The van der Waals surface area contributed by atoms with E-state index in [1.54, 1.807) is 10.7 Å². The first-order valence-electron chi connectivity index (χ1n) is 5.69. The maximum absolute atomic E-state index is 13.3. The molecule has 2 rings (SSSR count). The lowest BCUT2D eigenvalue weighted by molar-refractivity contribution is 0.620. The maximum atomic E-state index is 13.3. The molecule has 0 aliphatic carbocycles. The van der Waals surface area contributed by atoms with Crippen molar-refractivity contribution in [3.05, 3.63) is 46.0 Å². The molecule has 18 heavy (non-hydrogen) atoms. The molecule has 0 fully saturated rings. The van der Waals surface area contributed by atoms with Gasteiger partial charge in [0.15, 0.2) is 0 Å². The first-order valence-corrected chi connectivity index (χ1v) is 6.06. The van der Waals surface area contributed by atoms with Crippen molar-refractivity contribution >= 4 is 11.6 Å². The summed E-state index contributed by atoms with van der Waals surface area (Å²) in [6, 6.07) is 4.22. The number of nitrogens with zero attached hydrogens (tertiary/aromatic N) is 2. The molecule has 1 heterocycles. The van der Waals surface area contributed by atoms with Gasteiger partial charge in [-0.2, -0.15) is 5.10 Å². The van der Waals surface area contributed by atoms with Crippen LogP contribution in [0.25, 0.3) is 5.69 Å². The molecule has 0 radical (unpaired) electrons. The number of rotatable bonds is 2. The van der Waals surface area contributed by atoms with E-state index in [9.17, 15) is 4.39 Å². The molecule has 0 aliphatic rings. The lowest BCUT2D eigenvalue weighted by Crippen LogP contribution is -2.12. The van der Waals surface area contributed by atoms with Crippen molar-refractivity contribution in [2.24, 2.45) is 5.73 Å². The van der Waals surface area contributed by atoms with Crippen LogP contribution in [0.1, 0.15) is 29.9 Å². The number of hydrogen-bond donors (Lipinski definition) is 1.